The summed E-state index contributed by atoms with van der Waals surface area (Å²) in [6.45, 7) is 10.7. The predicted octanol–water partition coefficient (Wildman–Crippen LogP) is 1.61. The maximum atomic E-state index is 12.7. The predicted molar refractivity (Wildman–Crippen MR) is 82.6 cm³/mol. The fraction of sp³-hybridized carbons (Fsp3) is 0.938. The molecule has 0 aliphatic carbocycles. The van der Waals surface area contributed by atoms with Crippen molar-refractivity contribution < 1.29 is 4.79 Å². The van der Waals surface area contributed by atoms with E-state index in [1.165, 1.54) is 19.3 Å². The molecule has 1 amide bonds. The lowest BCUT2D eigenvalue weighted by Crippen LogP contribution is -2.57. The van der Waals surface area contributed by atoms with Crippen molar-refractivity contribution in [1.29, 1.82) is 0 Å². The Morgan fingerprint density at radius 3 is 2.55 bits per heavy atom. The van der Waals surface area contributed by atoms with Crippen LogP contribution in [0.25, 0.3) is 0 Å². The minimum absolute atomic E-state index is 0.0458. The van der Waals surface area contributed by atoms with Gasteiger partial charge in [0.25, 0.3) is 0 Å². The zero-order chi connectivity index (χ0) is 14.5. The van der Waals surface area contributed by atoms with Crippen molar-refractivity contribution in [2.75, 3.05) is 26.2 Å². The summed E-state index contributed by atoms with van der Waals surface area (Å²) < 4.78 is 0. The number of nitrogens with one attached hydrogen (secondary N) is 2. The second-order valence-electron chi connectivity index (χ2n) is 6.87. The highest BCUT2D eigenvalue weighted by molar-refractivity contribution is 5.82. The van der Waals surface area contributed by atoms with Gasteiger partial charge in [-0.1, -0.05) is 27.2 Å². The maximum Gasteiger partial charge on any atom is 0.237 e. The van der Waals surface area contributed by atoms with Crippen LogP contribution in [0.4, 0.5) is 0 Å². The van der Waals surface area contributed by atoms with Crippen LogP contribution in [-0.4, -0.2) is 49.1 Å². The largest absolute Gasteiger partial charge is 0.350 e. The van der Waals surface area contributed by atoms with Crippen molar-refractivity contribution in [1.82, 2.24) is 15.5 Å². The van der Waals surface area contributed by atoms with E-state index in [2.05, 4.69) is 36.3 Å². The molecular formula is C16H31N3O. The molecule has 2 aliphatic rings. The van der Waals surface area contributed by atoms with Crippen molar-refractivity contribution in [3.05, 3.63) is 0 Å². The summed E-state index contributed by atoms with van der Waals surface area (Å²) in [5.74, 6) is 1.19. The van der Waals surface area contributed by atoms with E-state index in [0.29, 0.717) is 17.9 Å². The number of carbonyl (C=O) groups excluding carboxylic acids is 1. The number of carbonyl (C=O) groups is 1. The second-order valence-corrected chi connectivity index (χ2v) is 6.87. The van der Waals surface area contributed by atoms with Crippen molar-refractivity contribution in [2.45, 2.75) is 58.5 Å². The molecule has 2 aliphatic heterocycles. The summed E-state index contributed by atoms with van der Waals surface area (Å²) in [6.07, 6.45) is 4.93. The molecule has 4 nitrogen and oxygen atoms in total. The van der Waals surface area contributed by atoms with Gasteiger partial charge in [0, 0.05) is 12.6 Å². The number of rotatable bonds is 4. The Kier molecular flexibility index (Phi) is 5.85. The molecule has 4 heteroatoms. The quantitative estimate of drug-likeness (QED) is 0.823. The molecule has 2 N–H and O–H groups in total. The van der Waals surface area contributed by atoms with E-state index in [9.17, 15) is 4.79 Å². The maximum absolute atomic E-state index is 12.7. The van der Waals surface area contributed by atoms with Gasteiger partial charge in [0.05, 0.1) is 6.04 Å². The molecule has 0 bridgehead atoms. The Morgan fingerprint density at radius 1 is 1.25 bits per heavy atom. The number of hydrogen-bond donors (Lipinski definition) is 2. The van der Waals surface area contributed by atoms with Gasteiger partial charge in [-0.05, 0) is 50.7 Å². The van der Waals surface area contributed by atoms with Crippen LogP contribution in [0.15, 0.2) is 0 Å². The normalized spacial score (nSPS) is 30.2. The Labute approximate surface area is 123 Å². The van der Waals surface area contributed by atoms with Crippen molar-refractivity contribution >= 4 is 5.91 Å². The molecule has 0 spiro atoms. The first kappa shape index (κ1) is 15.8. The monoisotopic (exact) mass is 281 g/mol. The number of piperidine rings is 2. The molecule has 3 unspecified atom stereocenters. The van der Waals surface area contributed by atoms with Gasteiger partial charge in [0.15, 0.2) is 0 Å². The van der Waals surface area contributed by atoms with Crippen LogP contribution in [0.2, 0.25) is 0 Å². The molecule has 116 valence electrons. The topological polar surface area (TPSA) is 44.4 Å². The molecule has 20 heavy (non-hydrogen) atoms. The van der Waals surface area contributed by atoms with Crippen LogP contribution in [-0.2, 0) is 4.79 Å². The lowest BCUT2D eigenvalue weighted by molar-refractivity contribution is -0.129. The number of hydrogen-bond acceptors (Lipinski definition) is 3. The summed E-state index contributed by atoms with van der Waals surface area (Å²) in [5.41, 5.74) is 0. The number of likely N-dealkylation sites (tertiary alicyclic amines) is 1. The lowest BCUT2D eigenvalue weighted by Gasteiger charge is -2.38. The Hall–Kier alpha value is -0.610. The van der Waals surface area contributed by atoms with Crippen molar-refractivity contribution in [3.8, 4) is 0 Å². The summed E-state index contributed by atoms with van der Waals surface area (Å²) in [7, 11) is 0. The zero-order valence-electron chi connectivity index (χ0n) is 13.3. The number of amides is 1. The Morgan fingerprint density at radius 2 is 1.95 bits per heavy atom. The first-order chi connectivity index (χ1) is 9.59. The molecule has 0 aromatic heterocycles. The lowest BCUT2D eigenvalue weighted by atomic mass is 9.93. The van der Waals surface area contributed by atoms with Gasteiger partial charge in [0.1, 0.15) is 0 Å². The molecule has 2 saturated heterocycles. The minimum Gasteiger partial charge on any atom is -0.350 e. The molecule has 3 atom stereocenters. The average Bonchev–Trinajstić information content (AvgIpc) is 2.42. The first-order valence-corrected chi connectivity index (χ1v) is 8.34. The molecule has 0 saturated carbocycles. The summed E-state index contributed by atoms with van der Waals surface area (Å²) >= 11 is 0. The first-order valence-electron chi connectivity index (χ1n) is 8.34. The minimum atomic E-state index is 0.0458. The fourth-order valence-corrected chi connectivity index (χ4v) is 3.54. The van der Waals surface area contributed by atoms with Gasteiger partial charge >= 0.3 is 0 Å². The summed E-state index contributed by atoms with van der Waals surface area (Å²) in [6, 6.07) is 0.340. The smallest absolute Gasteiger partial charge is 0.237 e. The molecule has 2 heterocycles. The summed E-state index contributed by atoms with van der Waals surface area (Å²) in [5, 5.41) is 6.69. The van der Waals surface area contributed by atoms with E-state index in [1.807, 2.05) is 0 Å². The molecule has 2 fully saturated rings. The zero-order valence-corrected chi connectivity index (χ0v) is 13.3. The molecule has 0 aromatic carbocycles. The van der Waals surface area contributed by atoms with Gasteiger partial charge < -0.3 is 10.6 Å². The second kappa shape index (κ2) is 7.41. The van der Waals surface area contributed by atoms with E-state index in [0.717, 1.165) is 32.6 Å². The van der Waals surface area contributed by atoms with Crippen molar-refractivity contribution in [3.63, 3.8) is 0 Å². The highest BCUT2D eigenvalue weighted by Gasteiger charge is 2.32. The fourth-order valence-electron chi connectivity index (χ4n) is 3.54. The average molecular weight is 281 g/mol. The molecule has 2 rings (SSSR count). The van der Waals surface area contributed by atoms with Crippen molar-refractivity contribution in [2.24, 2.45) is 11.8 Å². The van der Waals surface area contributed by atoms with E-state index < -0.39 is 0 Å². The van der Waals surface area contributed by atoms with Gasteiger partial charge in [-0.2, -0.15) is 0 Å². The van der Waals surface area contributed by atoms with E-state index in [1.54, 1.807) is 0 Å². The third-order valence-corrected chi connectivity index (χ3v) is 4.84. The van der Waals surface area contributed by atoms with E-state index >= 15 is 0 Å². The standard InChI is InChI=1S/C16H31N3O/c1-12(2)15(19-9-5-4-6-10-19)16(20)18-14-11-17-8-7-13(14)3/h12-15,17H,4-11H2,1-3H3,(H,18,20). The Balaban J connectivity index is 1.95. The van der Waals surface area contributed by atoms with Gasteiger partial charge in [-0.3, -0.25) is 9.69 Å². The third-order valence-electron chi connectivity index (χ3n) is 4.84. The van der Waals surface area contributed by atoms with Crippen LogP contribution in [0.5, 0.6) is 0 Å². The highest BCUT2D eigenvalue weighted by Crippen LogP contribution is 2.19. The van der Waals surface area contributed by atoms with Gasteiger partial charge in [-0.15, -0.1) is 0 Å². The van der Waals surface area contributed by atoms with Crippen LogP contribution in [0.1, 0.15) is 46.5 Å². The highest BCUT2D eigenvalue weighted by atomic mass is 16.2. The summed E-state index contributed by atoms with van der Waals surface area (Å²) in [4.78, 5) is 15.1. The van der Waals surface area contributed by atoms with E-state index in [-0.39, 0.29) is 11.9 Å². The van der Waals surface area contributed by atoms with Gasteiger partial charge in [-0.25, -0.2) is 0 Å². The Bertz CT molecular complexity index is 313. The van der Waals surface area contributed by atoms with Crippen LogP contribution >= 0.6 is 0 Å². The van der Waals surface area contributed by atoms with Crippen LogP contribution < -0.4 is 10.6 Å². The van der Waals surface area contributed by atoms with Crippen LogP contribution in [0, 0.1) is 11.8 Å². The molecular weight excluding hydrogens is 250 g/mol. The third kappa shape index (κ3) is 3.95. The molecule has 0 aromatic rings. The molecule has 0 radical (unpaired) electrons. The van der Waals surface area contributed by atoms with E-state index in [4.69, 9.17) is 0 Å². The number of nitrogens with zero attached hydrogens (tertiary/aromatic N) is 1. The van der Waals surface area contributed by atoms with Crippen LogP contribution in [0.3, 0.4) is 0 Å². The SMILES string of the molecule is CC(C)C(C(=O)NC1CNCCC1C)N1CCCCC1. The van der Waals surface area contributed by atoms with Gasteiger partial charge in [0.2, 0.25) is 5.91 Å².